The van der Waals surface area contributed by atoms with Crippen LogP contribution in [0.15, 0.2) is 27.5 Å². The van der Waals surface area contributed by atoms with Crippen LogP contribution in [0.4, 0.5) is 0 Å². The van der Waals surface area contributed by atoms with Crippen molar-refractivity contribution in [1.82, 2.24) is 20.4 Å². The number of aryl methyl sites for hydroxylation is 1. The molecule has 1 atom stereocenters. The third-order valence-electron chi connectivity index (χ3n) is 3.62. The molecule has 120 valence electrons. The highest BCUT2D eigenvalue weighted by Gasteiger charge is 2.23. The van der Waals surface area contributed by atoms with E-state index in [2.05, 4.69) is 15.5 Å². The van der Waals surface area contributed by atoms with Crippen LogP contribution in [0.1, 0.15) is 19.2 Å². The molecule has 0 aliphatic carbocycles. The van der Waals surface area contributed by atoms with Crippen molar-refractivity contribution in [3.8, 4) is 11.4 Å². The smallest absolute Gasteiger partial charge is 0.227 e. The van der Waals surface area contributed by atoms with E-state index >= 15 is 0 Å². The van der Waals surface area contributed by atoms with Gasteiger partial charge in [-0.25, -0.2) is 0 Å². The van der Waals surface area contributed by atoms with E-state index in [4.69, 9.17) is 8.94 Å². The van der Waals surface area contributed by atoms with Crippen molar-refractivity contribution in [2.24, 2.45) is 0 Å². The molecule has 2 aromatic rings. The molecule has 1 saturated heterocycles. The number of carbonyl (C=O) groups is 1. The van der Waals surface area contributed by atoms with Gasteiger partial charge in [-0.05, 0) is 13.0 Å². The van der Waals surface area contributed by atoms with Gasteiger partial charge in [0.15, 0.2) is 0 Å². The number of halogens is 1. The first-order valence-electron chi connectivity index (χ1n) is 7.09. The van der Waals surface area contributed by atoms with Crippen LogP contribution in [0.2, 0.25) is 0 Å². The second-order valence-electron chi connectivity index (χ2n) is 5.16. The van der Waals surface area contributed by atoms with Gasteiger partial charge in [-0.2, -0.15) is 4.98 Å². The Morgan fingerprint density at radius 2 is 2.41 bits per heavy atom. The summed E-state index contributed by atoms with van der Waals surface area (Å²) in [4.78, 5) is 18.4. The lowest BCUT2D eigenvalue weighted by molar-refractivity contribution is -0.134. The second-order valence-corrected chi connectivity index (χ2v) is 5.16. The number of amides is 1. The fourth-order valence-electron chi connectivity index (χ4n) is 2.43. The zero-order valence-corrected chi connectivity index (χ0v) is 13.1. The molecule has 0 bridgehead atoms. The van der Waals surface area contributed by atoms with Crippen LogP contribution >= 0.6 is 12.4 Å². The van der Waals surface area contributed by atoms with Gasteiger partial charge in [0.1, 0.15) is 6.26 Å². The van der Waals surface area contributed by atoms with Gasteiger partial charge < -0.3 is 19.2 Å². The Morgan fingerprint density at radius 3 is 3.14 bits per heavy atom. The molecule has 0 saturated carbocycles. The molecule has 1 aliphatic heterocycles. The maximum Gasteiger partial charge on any atom is 0.227 e. The Hall–Kier alpha value is -1.86. The molecule has 3 rings (SSSR count). The van der Waals surface area contributed by atoms with Crippen LogP contribution in [0.5, 0.6) is 0 Å². The van der Waals surface area contributed by atoms with Crippen LogP contribution in [0.3, 0.4) is 0 Å². The van der Waals surface area contributed by atoms with Gasteiger partial charge in [-0.1, -0.05) is 5.16 Å². The largest absolute Gasteiger partial charge is 0.472 e. The molecule has 1 fully saturated rings. The Balaban J connectivity index is 0.00000176. The number of hydrogen-bond donors (Lipinski definition) is 1. The predicted octanol–water partition coefficient (Wildman–Crippen LogP) is 1.50. The van der Waals surface area contributed by atoms with E-state index in [1.807, 2.05) is 11.8 Å². The third kappa shape index (κ3) is 3.66. The Kier molecular flexibility index (Phi) is 5.57. The first-order valence-corrected chi connectivity index (χ1v) is 7.09. The normalized spacial score (nSPS) is 18.0. The number of hydrogen-bond acceptors (Lipinski definition) is 6. The Labute approximate surface area is 134 Å². The molecule has 0 spiro atoms. The molecule has 0 aromatic carbocycles. The molecule has 0 radical (unpaired) electrons. The van der Waals surface area contributed by atoms with E-state index in [0.717, 1.165) is 25.2 Å². The molecule has 3 heterocycles. The topological polar surface area (TPSA) is 84.4 Å². The number of carbonyl (C=O) groups excluding carboxylic acids is 1. The summed E-state index contributed by atoms with van der Waals surface area (Å²) in [5, 5.41) is 7.15. The average molecular weight is 327 g/mol. The van der Waals surface area contributed by atoms with Crippen LogP contribution in [-0.2, 0) is 11.2 Å². The van der Waals surface area contributed by atoms with Crippen molar-refractivity contribution in [3.63, 3.8) is 0 Å². The molecule has 2 aromatic heterocycles. The lowest BCUT2D eigenvalue weighted by Gasteiger charge is -2.34. The SMILES string of the molecule is C[C@@H]1CNCCN1C(=O)CCc1nc(-c2ccoc2)no1.Cl. The fourth-order valence-corrected chi connectivity index (χ4v) is 2.43. The highest BCUT2D eigenvalue weighted by Crippen LogP contribution is 2.16. The van der Waals surface area contributed by atoms with Crippen molar-refractivity contribution in [1.29, 1.82) is 0 Å². The molecule has 7 nitrogen and oxygen atoms in total. The summed E-state index contributed by atoms with van der Waals surface area (Å²) in [5.74, 6) is 1.09. The minimum absolute atomic E-state index is 0. The third-order valence-corrected chi connectivity index (χ3v) is 3.62. The number of aromatic nitrogens is 2. The summed E-state index contributed by atoms with van der Waals surface area (Å²) in [6.45, 7) is 4.50. The quantitative estimate of drug-likeness (QED) is 0.916. The van der Waals surface area contributed by atoms with Crippen molar-refractivity contribution in [2.75, 3.05) is 19.6 Å². The van der Waals surface area contributed by atoms with Gasteiger partial charge in [0.05, 0.1) is 11.8 Å². The van der Waals surface area contributed by atoms with Crippen LogP contribution < -0.4 is 5.32 Å². The highest BCUT2D eigenvalue weighted by molar-refractivity contribution is 5.85. The molecule has 1 aliphatic rings. The summed E-state index contributed by atoms with van der Waals surface area (Å²) in [7, 11) is 0. The summed E-state index contributed by atoms with van der Waals surface area (Å²) >= 11 is 0. The number of nitrogens with zero attached hydrogens (tertiary/aromatic N) is 3. The lowest BCUT2D eigenvalue weighted by Crippen LogP contribution is -2.52. The van der Waals surface area contributed by atoms with Gasteiger partial charge >= 0.3 is 0 Å². The van der Waals surface area contributed by atoms with Crippen molar-refractivity contribution < 1.29 is 13.7 Å². The molecule has 0 unspecified atom stereocenters. The molecule has 1 N–H and O–H groups in total. The lowest BCUT2D eigenvalue weighted by atomic mass is 10.2. The zero-order valence-electron chi connectivity index (χ0n) is 12.3. The molecule has 8 heteroatoms. The number of rotatable bonds is 4. The maximum atomic E-state index is 12.2. The summed E-state index contributed by atoms with van der Waals surface area (Å²) in [6, 6.07) is 2.00. The minimum Gasteiger partial charge on any atom is -0.472 e. The van der Waals surface area contributed by atoms with E-state index in [-0.39, 0.29) is 24.4 Å². The first kappa shape index (κ1) is 16.5. The number of furan rings is 1. The van der Waals surface area contributed by atoms with Gasteiger partial charge in [-0.15, -0.1) is 12.4 Å². The predicted molar refractivity (Wildman–Crippen MR) is 81.6 cm³/mol. The second kappa shape index (κ2) is 7.42. The molecule has 1 amide bonds. The summed E-state index contributed by atoms with van der Waals surface area (Å²) in [5.41, 5.74) is 0.770. The molecular weight excluding hydrogens is 308 g/mol. The highest BCUT2D eigenvalue weighted by atomic mass is 35.5. The fraction of sp³-hybridized carbons (Fsp3) is 0.500. The van der Waals surface area contributed by atoms with Crippen LogP contribution in [0, 0.1) is 0 Å². The molecular formula is C14H19ClN4O3. The average Bonchev–Trinajstić information content (AvgIpc) is 3.16. The Morgan fingerprint density at radius 1 is 1.55 bits per heavy atom. The van der Waals surface area contributed by atoms with E-state index in [9.17, 15) is 4.79 Å². The Bertz CT molecular complexity index is 599. The maximum absolute atomic E-state index is 12.2. The number of nitrogens with one attached hydrogen (secondary N) is 1. The van der Waals surface area contributed by atoms with Crippen molar-refractivity contribution >= 4 is 18.3 Å². The first-order chi connectivity index (χ1) is 10.2. The van der Waals surface area contributed by atoms with E-state index in [1.165, 1.54) is 0 Å². The van der Waals surface area contributed by atoms with Gasteiger partial charge in [-0.3, -0.25) is 4.79 Å². The van der Waals surface area contributed by atoms with Crippen molar-refractivity contribution in [2.45, 2.75) is 25.8 Å². The monoisotopic (exact) mass is 326 g/mol. The standard InChI is InChI=1S/C14H18N4O3.ClH/c1-10-8-15-5-6-18(10)13(19)3-2-12-16-14(17-21-12)11-4-7-20-9-11;/h4,7,9-10,15H,2-3,5-6,8H2,1H3;1H/t10-;/m1./s1. The minimum atomic E-state index is 0. The summed E-state index contributed by atoms with van der Waals surface area (Å²) in [6.07, 6.45) is 3.96. The number of piperazine rings is 1. The molecule has 22 heavy (non-hydrogen) atoms. The summed E-state index contributed by atoms with van der Waals surface area (Å²) < 4.78 is 10.1. The van der Waals surface area contributed by atoms with Crippen LogP contribution in [-0.4, -0.2) is 46.6 Å². The van der Waals surface area contributed by atoms with Crippen LogP contribution in [0.25, 0.3) is 11.4 Å². The van der Waals surface area contributed by atoms with E-state index in [1.54, 1.807) is 18.6 Å². The van der Waals surface area contributed by atoms with Gasteiger partial charge in [0.2, 0.25) is 17.6 Å². The zero-order chi connectivity index (χ0) is 14.7. The van der Waals surface area contributed by atoms with Gasteiger partial charge in [0, 0.05) is 38.5 Å². The van der Waals surface area contributed by atoms with Gasteiger partial charge in [0.25, 0.3) is 0 Å². The van der Waals surface area contributed by atoms with E-state index in [0.29, 0.717) is 24.6 Å². The van der Waals surface area contributed by atoms with Crippen molar-refractivity contribution in [3.05, 3.63) is 24.5 Å². The van der Waals surface area contributed by atoms with E-state index < -0.39 is 0 Å².